The van der Waals surface area contributed by atoms with Gasteiger partial charge in [0.15, 0.2) is 5.13 Å². The Hall–Kier alpha value is -1.43. The molecule has 5 nitrogen and oxygen atoms in total. The number of carbonyl (C=O) groups excluding carboxylic acids is 2. The zero-order chi connectivity index (χ0) is 9.84. The predicted octanol–water partition coefficient (Wildman–Crippen LogP) is -0.606. The van der Waals surface area contributed by atoms with Crippen LogP contribution in [0.15, 0.2) is 5.38 Å². The molecule has 0 saturated carbocycles. The topological polar surface area (TPSA) is 82.1 Å². The number of carboxylic acid groups (broad SMARTS) is 1. The average Bonchev–Trinajstić information content (AvgIpc) is 2.33. The Morgan fingerprint density at radius 3 is 2.92 bits per heavy atom. The Balaban J connectivity index is 2.63. The third-order valence-corrected chi connectivity index (χ3v) is 1.97. The standard InChI is InChI=1S/C7H8N2O3S/c1-4(10)8-7-9-5(3-13-7)2-6(11)12/h3H,2H2,1H3,(H,11,12)(H,8,9,10)/p-1. The molecule has 0 aliphatic carbocycles. The first-order valence-corrected chi connectivity index (χ1v) is 4.37. The number of carboxylic acids is 1. The van der Waals surface area contributed by atoms with Crippen molar-refractivity contribution in [2.24, 2.45) is 0 Å². The van der Waals surface area contributed by atoms with E-state index in [1.165, 1.54) is 18.3 Å². The zero-order valence-corrected chi connectivity index (χ0v) is 7.68. The SMILES string of the molecule is CC(=O)Nc1nc(CC(=O)[O-])cs1. The van der Waals surface area contributed by atoms with Gasteiger partial charge in [0, 0.05) is 24.7 Å². The first kappa shape index (κ1) is 9.66. The van der Waals surface area contributed by atoms with Gasteiger partial charge in [0.2, 0.25) is 5.91 Å². The zero-order valence-electron chi connectivity index (χ0n) is 6.86. The summed E-state index contributed by atoms with van der Waals surface area (Å²) in [4.78, 5) is 24.6. The maximum atomic E-state index is 10.6. The molecule has 1 amide bonds. The summed E-state index contributed by atoms with van der Waals surface area (Å²) in [7, 11) is 0. The molecule has 1 heterocycles. The molecule has 0 spiro atoms. The van der Waals surface area contributed by atoms with Crippen LogP contribution in [0.3, 0.4) is 0 Å². The Labute approximate surface area is 78.4 Å². The number of anilines is 1. The lowest BCUT2D eigenvalue weighted by Crippen LogP contribution is -2.24. The van der Waals surface area contributed by atoms with Gasteiger partial charge in [-0.05, 0) is 0 Å². The fourth-order valence-electron chi connectivity index (χ4n) is 0.744. The fourth-order valence-corrected chi connectivity index (χ4v) is 1.50. The Morgan fingerprint density at radius 1 is 1.69 bits per heavy atom. The largest absolute Gasteiger partial charge is 0.550 e. The highest BCUT2D eigenvalue weighted by Gasteiger charge is 2.02. The van der Waals surface area contributed by atoms with Gasteiger partial charge in [-0.1, -0.05) is 0 Å². The van der Waals surface area contributed by atoms with Crippen LogP contribution in [-0.2, 0) is 16.0 Å². The van der Waals surface area contributed by atoms with E-state index in [9.17, 15) is 14.7 Å². The van der Waals surface area contributed by atoms with Crippen LogP contribution >= 0.6 is 11.3 Å². The number of thiazole rings is 1. The number of carbonyl (C=O) groups is 2. The number of hydrogen-bond acceptors (Lipinski definition) is 5. The minimum absolute atomic E-state index is 0.226. The van der Waals surface area contributed by atoms with Crippen molar-refractivity contribution in [1.82, 2.24) is 4.98 Å². The minimum atomic E-state index is -1.18. The summed E-state index contributed by atoms with van der Waals surface area (Å²) >= 11 is 1.19. The van der Waals surface area contributed by atoms with Crippen LogP contribution in [0.25, 0.3) is 0 Å². The lowest BCUT2D eigenvalue weighted by molar-refractivity contribution is -0.304. The van der Waals surface area contributed by atoms with E-state index in [1.54, 1.807) is 5.38 Å². The van der Waals surface area contributed by atoms with Gasteiger partial charge in [0.1, 0.15) is 0 Å². The number of hydrogen-bond donors (Lipinski definition) is 1. The van der Waals surface area contributed by atoms with Crippen molar-refractivity contribution in [1.29, 1.82) is 0 Å². The normalized spacial score (nSPS) is 9.62. The van der Waals surface area contributed by atoms with Gasteiger partial charge in [-0.2, -0.15) is 0 Å². The van der Waals surface area contributed by atoms with Crippen molar-refractivity contribution in [2.75, 3.05) is 5.32 Å². The predicted molar refractivity (Wildman–Crippen MR) is 45.1 cm³/mol. The molecule has 1 rings (SSSR count). The number of nitrogens with zero attached hydrogens (tertiary/aromatic N) is 1. The highest BCUT2D eigenvalue weighted by atomic mass is 32.1. The minimum Gasteiger partial charge on any atom is -0.550 e. The molecule has 1 aromatic heterocycles. The van der Waals surface area contributed by atoms with Gasteiger partial charge < -0.3 is 15.2 Å². The lowest BCUT2D eigenvalue weighted by atomic mass is 10.3. The average molecular weight is 199 g/mol. The van der Waals surface area contributed by atoms with E-state index in [4.69, 9.17) is 0 Å². The second-order valence-corrected chi connectivity index (χ2v) is 3.23. The van der Waals surface area contributed by atoms with E-state index in [-0.39, 0.29) is 12.3 Å². The van der Waals surface area contributed by atoms with Crippen molar-refractivity contribution in [3.63, 3.8) is 0 Å². The quantitative estimate of drug-likeness (QED) is 0.704. The van der Waals surface area contributed by atoms with Gasteiger partial charge in [0.25, 0.3) is 0 Å². The van der Waals surface area contributed by atoms with E-state index in [0.717, 1.165) is 0 Å². The summed E-state index contributed by atoms with van der Waals surface area (Å²) in [6.07, 6.45) is -0.226. The van der Waals surface area contributed by atoms with E-state index < -0.39 is 5.97 Å². The van der Waals surface area contributed by atoms with E-state index in [1.807, 2.05) is 0 Å². The molecule has 0 atom stereocenters. The highest BCUT2D eigenvalue weighted by molar-refractivity contribution is 7.13. The summed E-state index contributed by atoms with van der Waals surface area (Å²) in [6.45, 7) is 1.36. The molecule has 0 saturated heterocycles. The number of nitrogens with one attached hydrogen (secondary N) is 1. The van der Waals surface area contributed by atoms with Gasteiger partial charge in [-0.25, -0.2) is 4.98 Å². The van der Waals surface area contributed by atoms with Crippen LogP contribution < -0.4 is 10.4 Å². The molecular formula is C7H7N2O3S-. The first-order chi connectivity index (χ1) is 6.08. The van der Waals surface area contributed by atoms with Crippen LogP contribution in [0.5, 0.6) is 0 Å². The molecule has 0 aliphatic rings. The Morgan fingerprint density at radius 2 is 2.38 bits per heavy atom. The van der Waals surface area contributed by atoms with E-state index in [2.05, 4.69) is 10.3 Å². The van der Waals surface area contributed by atoms with Crippen LogP contribution in [0, 0.1) is 0 Å². The first-order valence-electron chi connectivity index (χ1n) is 3.50. The van der Waals surface area contributed by atoms with Crippen molar-refractivity contribution in [3.8, 4) is 0 Å². The molecule has 1 N–H and O–H groups in total. The number of amides is 1. The van der Waals surface area contributed by atoms with Gasteiger partial charge >= 0.3 is 0 Å². The molecule has 0 unspecified atom stereocenters. The van der Waals surface area contributed by atoms with Crippen molar-refractivity contribution in [2.45, 2.75) is 13.3 Å². The maximum Gasteiger partial charge on any atom is 0.223 e. The summed E-state index contributed by atoms with van der Waals surface area (Å²) in [6, 6.07) is 0. The molecule has 1 aromatic rings. The number of aliphatic carboxylic acids is 1. The van der Waals surface area contributed by atoms with Crippen LogP contribution in [0.1, 0.15) is 12.6 Å². The Kier molecular flexibility index (Phi) is 2.97. The third kappa shape index (κ3) is 3.20. The molecule has 6 heteroatoms. The summed E-state index contributed by atoms with van der Waals surface area (Å²) in [5.74, 6) is -1.41. The molecule has 0 fully saturated rings. The van der Waals surface area contributed by atoms with Gasteiger partial charge in [-0.15, -0.1) is 11.3 Å². The summed E-state index contributed by atoms with van der Waals surface area (Å²) in [5.41, 5.74) is 0.397. The molecule has 70 valence electrons. The van der Waals surface area contributed by atoms with Crippen LogP contribution in [0.2, 0.25) is 0 Å². The van der Waals surface area contributed by atoms with Crippen LogP contribution in [-0.4, -0.2) is 16.9 Å². The van der Waals surface area contributed by atoms with Crippen molar-refractivity contribution in [3.05, 3.63) is 11.1 Å². The van der Waals surface area contributed by atoms with E-state index >= 15 is 0 Å². The molecule has 0 radical (unpaired) electrons. The fraction of sp³-hybridized carbons (Fsp3) is 0.286. The second kappa shape index (κ2) is 3.99. The Bertz CT molecular complexity index is 304. The summed E-state index contributed by atoms with van der Waals surface area (Å²) in [5, 5.41) is 14.6. The molecule has 0 aromatic carbocycles. The molecule has 0 aliphatic heterocycles. The van der Waals surface area contributed by atoms with E-state index in [0.29, 0.717) is 10.8 Å². The maximum absolute atomic E-state index is 10.6. The second-order valence-electron chi connectivity index (χ2n) is 2.37. The number of rotatable bonds is 3. The summed E-state index contributed by atoms with van der Waals surface area (Å²) < 4.78 is 0. The molecule has 13 heavy (non-hydrogen) atoms. The lowest BCUT2D eigenvalue weighted by Gasteiger charge is -1.96. The number of aromatic nitrogens is 1. The van der Waals surface area contributed by atoms with Gasteiger partial charge in [-0.3, -0.25) is 4.79 Å². The van der Waals surface area contributed by atoms with Gasteiger partial charge in [0.05, 0.1) is 5.69 Å². The highest BCUT2D eigenvalue weighted by Crippen LogP contribution is 2.15. The smallest absolute Gasteiger partial charge is 0.223 e. The third-order valence-electron chi connectivity index (χ3n) is 1.16. The molecular weight excluding hydrogens is 192 g/mol. The van der Waals surface area contributed by atoms with Crippen molar-refractivity contribution >= 4 is 28.3 Å². The van der Waals surface area contributed by atoms with Crippen LogP contribution in [0.4, 0.5) is 5.13 Å². The monoisotopic (exact) mass is 199 g/mol. The van der Waals surface area contributed by atoms with Crippen molar-refractivity contribution < 1.29 is 14.7 Å². The molecule has 0 bridgehead atoms.